The predicted octanol–water partition coefficient (Wildman–Crippen LogP) is 3.88. The van der Waals surface area contributed by atoms with Crippen LogP contribution < -0.4 is 9.62 Å². The largest absolute Gasteiger partial charge is 0.355 e. The Labute approximate surface area is 211 Å². The van der Waals surface area contributed by atoms with E-state index in [0.717, 1.165) is 39.7 Å². The van der Waals surface area contributed by atoms with E-state index in [1.165, 1.54) is 4.90 Å². The van der Waals surface area contributed by atoms with E-state index in [4.69, 9.17) is 0 Å². The fourth-order valence-corrected chi connectivity index (χ4v) is 5.07. The number of carbonyl (C=O) groups excluding carboxylic acids is 2. The third kappa shape index (κ3) is 6.48. The zero-order valence-electron chi connectivity index (χ0n) is 20.5. The van der Waals surface area contributed by atoms with E-state index in [1.807, 2.05) is 37.3 Å². The number of halogens is 1. The lowest BCUT2D eigenvalue weighted by Gasteiger charge is -2.32. The van der Waals surface area contributed by atoms with E-state index < -0.39 is 34.3 Å². The Hall–Kier alpha value is -3.72. The van der Waals surface area contributed by atoms with Crippen LogP contribution in [0.5, 0.6) is 0 Å². The third-order valence-electron chi connectivity index (χ3n) is 5.72. The van der Waals surface area contributed by atoms with Crippen molar-refractivity contribution in [1.29, 1.82) is 0 Å². The highest BCUT2D eigenvalue weighted by molar-refractivity contribution is 7.92. The Balaban J connectivity index is 2.01. The Morgan fingerprint density at radius 3 is 2.14 bits per heavy atom. The molecule has 1 unspecified atom stereocenters. The van der Waals surface area contributed by atoms with Gasteiger partial charge >= 0.3 is 0 Å². The lowest BCUT2D eigenvalue weighted by molar-refractivity contribution is -0.139. The molecule has 0 aliphatic heterocycles. The summed E-state index contributed by atoms with van der Waals surface area (Å²) in [7, 11) is -4.22. The normalized spacial score (nSPS) is 12.0. The molecule has 0 spiro atoms. The van der Waals surface area contributed by atoms with Crippen LogP contribution in [-0.2, 0) is 26.2 Å². The lowest BCUT2D eigenvalue weighted by atomic mass is 10.1. The second-order valence-corrected chi connectivity index (χ2v) is 10.2. The number of nitrogens with zero attached hydrogens (tertiary/aromatic N) is 2. The van der Waals surface area contributed by atoms with Crippen molar-refractivity contribution in [3.05, 3.63) is 95.8 Å². The summed E-state index contributed by atoms with van der Waals surface area (Å²) >= 11 is 0. The van der Waals surface area contributed by atoms with Gasteiger partial charge in [0.1, 0.15) is 18.4 Å². The summed E-state index contributed by atoms with van der Waals surface area (Å²) in [6, 6.07) is 19.5. The quantitative estimate of drug-likeness (QED) is 0.448. The maximum atomic E-state index is 13.7. The summed E-state index contributed by atoms with van der Waals surface area (Å²) in [5.74, 6) is -1.47. The van der Waals surface area contributed by atoms with Gasteiger partial charge in [-0.05, 0) is 62.7 Å². The van der Waals surface area contributed by atoms with Gasteiger partial charge in [0.05, 0.1) is 10.6 Å². The van der Waals surface area contributed by atoms with Crippen molar-refractivity contribution in [2.45, 2.75) is 38.3 Å². The van der Waals surface area contributed by atoms with Gasteiger partial charge < -0.3 is 10.2 Å². The zero-order valence-corrected chi connectivity index (χ0v) is 21.3. The molecule has 0 aliphatic carbocycles. The number of aryl methyl sites for hydroxylation is 1. The maximum absolute atomic E-state index is 13.7. The van der Waals surface area contributed by atoms with Gasteiger partial charge in [-0.15, -0.1) is 0 Å². The van der Waals surface area contributed by atoms with Gasteiger partial charge in [0.15, 0.2) is 0 Å². The molecule has 2 amide bonds. The molecule has 0 aliphatic rings. The molecule has 3 aromatic carbocycles. The Bertz CT molecular complexity index is 1280. The first-order valence-electron chi connectivity index (χ1n) is 11.6. The topological polar surface area (TPSA) is 86.8 Å². The zero-order chi connectivity index (χ0) is 26.3. The van der Waals surface area contributed by atoms with Crippen LogP contribution in [0.2, 0.25) is 0 Å². The molecular weight excluding hydrogens is 481 g/mol. The van der Waals surface area contributed by atoms with E-state index in [-0.39, 0.29) is 23.0 Å². The second kappa shape index (κ2) is 11.8. The molecule has 3 rings (SSSR count). The monoisotopic (exact) mass is 511 g/mol. The smallest absolute Gasteiger partial charge is 0.264 e. The molecule has 0 bridgehead atoms. The van der Waals surface area contributed by atoms with E-state index in [0.29, 0.717) is 6.54 Å². The Morgan fingerprint density at radius 1 is 0.944 bits per heavy atom. The van der Waals surface area contributed by atoms with E-state index in [1.54, 1.807) is 38.1 Å². The third-order valence-corrected chi connectivity index (χ3v) is 7.50. The van der Waals surface area contributed by atoms with Crippen LogP contribution in [-0.4, -0.2) is 44.3 Å². The van der Waals surface area contributed by atoms with Crippen LogP contribution in [0.3, 0.4) is 0 Å². The van der Waals surface area contributed by atoms with Crippen molar-refractivity contribution in [3.63, 3.8) is 0 Å². The highest BCUT2D eigenvalue weighted by Crippen LogP contribution is 2.25. The number of carbonyl (C=O) groups is 2. The molecule has 7 nitrogen and oxygen atoms in total. The minimum atomic E-state index is -4.22. The van der Waals surface area contributed by atoms with Crippen LogP contribution in [0.15, 0.2) is 83.8 Å². The maximum Gasteiger partial charge on any atom is 0.264 e. The molecule has 0 radical (unpaired) electrons. The van der Waals surface area contributed by atoms with Gasteiger partial charge in [-0.3, -0.25) is 13.9 Å². The predicted molar refractivity (Wildman–Crippen MR) is 137 cm³/mol. The van der Waals surface area contributed by atoms with Crippen molar-refractivity contribution in [3.8, 4) is 0 Å². The first-order chi connectivity index (χ1) is 17.1. The van der Waals surface area contributed by atoms with Gasteiger partial charge in [-0.1, -0.05) is 48.0 Å². The first-order valence-corrected chi connectivity index (χ1v) is 13.0. The highest BCUT2D eigenvalue weighted by atomic mass is 32.2. The fourth-order valence-electron chi connectivity index (χ4n) is 3.66. The summed E-state index contributed by atoms with van der Waals surface area (Å²) < 4.78 is 41.7. The lowest BCUT2D eigenvalue weighted by Crippen LogP contribution is -2.51. The average molecular weight is 512 g/mol. The Kier molecular flexibility index (Phi) is 8.82. The number of anilines is 1. The molecule has 3 aromatic rings. The van der Waals surface area contributed by atoms with Crippen molar-refractivity contribution in [2.75, 3.05) is 17.4 Å². The summed E-state index contributed by atoms with van der Waals surface area (Å²) in [6.07, 6.45) is 0. The number of benzene rings is 3. The van der Waals surface area contributed by atoms with Crippen molar-refractivity contribution in [1.82, 2.24) is 10.2 Å². The van der Waals surface area contributed by atoms with Crippen LogP contribution in [0, 0.1) is 12.7 Å². The first kappa shape index (κ1) is 26.9. The fraction of sp³-hybridized carbons (Fsp3) is 0.259. The van der Waals surface area contributed by atoms with Crippen molar-refractivity contribution in [2.24, 2.45) is 0 Å². The van der Waals surface area contributed by atoms with E-state index in [9.17, 15) is 22.4 Å². The molecule has 0 saturated carbocycles. The van der Waals surface area contributed by atoms with Gasteiger partial charge in [0.2, 0.25) is 11.8 Å². The van der Waals surface area contributed by atoms with E-state index in [2.05, 4.69) is 5.32 Å². The number of nitrogens with one attached hydrogen (secondary N) is 1. The molecule has 0 heterocycles. The number of sulfonamides is 1. The number of rotatable bonds is 10. The molecule has 190 valence electrons. The van der Waals surface area contributed by atoms with Gasteiger partial charge in [-0.2, -0.15) is 0 Å². The van der Waals surface area contributed by atoms with Gasteiger partial charge in [0, 0.05) is 13.1 Å². The van der Waals surface area contributed by atoms with Crippen LogP contribution >= 0.6 is 0 Å². The average Bonchev–Trinajstić information content (AvgIpc) is 2.87. The van der Waals surface area contributed by atoms with Crippen molar-refractivity contribution < 1.29 is 22.4 Å². The van der Waals surface area contributed by atoms with Crippen LogP contribution in [0.25, 0.3) is 0 Å². The molecule has 0 saturated heterocycles. The molecule has 36 heavy (non-hydrogen) atoms. The highest BCUT2D eigenvalue weighted by Gasteiger charge is 2.32. The van der Waals surface area contributed by atoms with Gasteiger partial charge in [-0.25, -0.2) is 12.8 Å². The SMILES string of the molecule is CCNC(=O)C(C)N(Cc1ccccc1)C(=O)CN(c1ccc(C)cc1)S(=O)(=O)c1ccc(F)cc1. The van der Waals surface area contributed by atoms with Crippen molar-refractivity contribution >= 4 is 27.5 Å². The summed E-state index contributed by atoms with van der Waals surface area (Å²) in [5, 5.41) is 2.72. The van der Waals surface area contributed by atoms with Crippen LogP contribution in [0.4, 0.5) is 10.1 Å². The number of likely N-dealkylation sites (N-methyl/N-ethyl adjacent to an activating group) is 1. The van der Waals surface area contributed by atoms with Crippen LogP contribution in [0.1, 0.15) is 25.0 Å². The van der Waals surface area contributed by atoms with Gasteiger partial charge in [0.25, 0.3) is 10.0 Å². The summed E-state index contributed by atoms with van der Waals surface area (Å²) in [4.78, 5) is 27.5. The molecule has 9 heteroatoms. The number of hydrogen-bond donors (Lipinski definition) is 1. The molecule has 0 aromatic heterocycles. The van der Waals surface area contributed by atoms with E-state index >= 15 is 0 Å². The number of hydrogen-bond acceptors (Lipinski definition) is 4. The summed E-state index contributed by atoms with van der Waals surface area (Å²) in [5.41, 5.74) is 1.99. The molecule has 1 atom stereocenters. The second-order valence-electron chi connectivity index (χ2n) is 8.38. The summed E-state index contributed by atoms with van der Waals surface area (Å²) in [6.45, 7) is 5.23. The molecular formula is C27H30FN3O4S. The minimum absolute atomic E-state index is 0.121. The number of amides is 2. The Morgan fingerprint density at radius 2 is 1.56 bits per heavy atom. The minimum Gasteiger partial charge on any atom is -0.355 e. The molecule has 0 fully saturated rings. The standard InChI is InChI=1S/C27H30FN3O4S/c1-4-29-27(33)21(3)30(18-22-8-6-5-7-9-22)26(32)19-31(24-14-10-20(2)11-15-24)36(34,35)25-16-12-23(28)13-17-25/h5-17,21H,4,18-19H2,1-3H3,(H,29,33). The molecule has 1 N–H and O–H groups in total.